The highest BCUT2D eigenvalue weighted by Crippen LogP contribution is 2.45. The minimum Gasteiger partial charge on any atom is -0.462 e. The predicted octanol–water partition coefficient (Wildman–Crippen LogP) is 16.2. The fourth-order valence-electron chi connectivity index (χ4n) is 8.88. The molecule has 0 spiro atoms. The number of aliphatic hydroxyl groups is 1. The van der Waals surface area contributed by atoms with Crippen LogP contribution in [0.25, 0.3) is 0 Å². The first kappa shape index (κ1) is 77.1. The number of phosphoric ester groups is 2. The molecule has 0 radical (unpaired) electrons. The first-order valence-corrected chi connectivity index (χ1v) is 34.6. The van der Waals surface area contributed by atoms with Gasteiger partial charge in [0.15, 0.2) is 12.2 Å². The Morgan fingerprint density at radius 1 is 0.342 bits per heavy atom. The number of hydrogen-bond donors (Lipinski definition) is 3. The average molecular weight is 1170 g/mol. The van der Waals surface area contributed by atoms with Gasteiger partial charge in [0.25, 0.3) is 0 Å². The van der Waals surface area contributed by atoms with Crippen LogP contribution in [0.2, 0.25) is 0 Å². The van der Waals surface area contributed by atoms with Gasteiger partial charge in [-0.15, -0.1) is 0 Å². The second-order valence-electron chi connectivity index (χ2n) is 22.2. The third-order valence-electron chi connectivity index (χ3n) is 13.8. The molecule has 2 unspecified atom stereocenters. The van der Waals surface area contributed by atoms with Crippen molar-refractivity contribution in [2.45, 2.75) is 316 Å². The number of phosphoric acid groups is 2. The van der Waals surface area contributed by atoms with Gasteiger partial charge in [-0.3, -0.25) is 37.3 Å². The molecule has 0 aliphatic carbocycles. The monoisotopic (exact) mass is 1170 g/mol. The molecule has 0 bridgehead atoms. The minimum absolute atomic E-state index is 0.103. The highest BCUT2D eigenvalue weighted by atomic mass is 31.2. The highest BCUT2D eigenvalue weighted by Gasteiger charge is 2.30. The van der Waals surface area contributed by atoms with Gasteiger partial charge in [-0.2, -0.15) is 0 Å². The zero-order valence-electron chi connectivity index (χ0n) is 50.5. The van der Waals surface area contributed by atoms with Crippen LogP contribution in [-0.4, -0.2) is 96.7 Å². The number of unbranched alkanes of at least 4 members (excludes halogenated alkanes) is 32. The van der Waals surface area contributed by atoms with E-state index in [1.807, 2.05) is 0 Å². The lowest BCUT2D eigenvalue weighted by Crippen LogP contribution is -2.30. The first-order valence-electron chi connectivity index (χ1n) is 31.6. The molecule has 0 saturated heterocycles. The Balaban J connectivity index is 5.19. The van der Waals surface area contributed by atoms with E-state index in [1.54, 1.807) is 0 Å². The van der Waals surface area contributed by atoms with E-state index in [4.69, 9.17) is 37.0 Å². The third kappa shape index (κ3) is 55.0. The molecule has 5 atom stereocenters. The van der Waals surface area contributed by atoms with E-state index in [0.717, 1.165) is 121 Å². The number of rotatable bonds is 60. The zero-order chi connectivity index (χ0) is 58.5. The summed E-state index contributed by atoms with van der Waals surface area (Å²) in [6.07, 6.45) is 36.4. The molecular weight excluding hydrogens is 1050 g/mol. The fraction of sp³-hybridized carbons (Fsp3) is 0.933. The van der Waals surface area contributed by atoms with Gasteiger partial charge in [0.2, 0.25) is 0 Å². The van der Waals surface area contributed by atoms with Crippen molar-refractivity contribution in [2.75, 3.05) is 39.6 Å². The van der Waals surface area contributed by atoms with E-state index in [2.05, 4.69) is 34.6 Å². The number of carbonyl (C=O) groups excluding carboxylic acids is 4. The number of aliphatic hydroxyl groups excluding tert-OH is 1. The van der Waals surface area contributed by atoms with E-state index in [0.29, 0.717) is 25.7 Å². The molecule has 17 nitrogen and oxygen atoms in total. The molecule has 0 aromatic carbocycles. The first-order chi connectivity index (χ1) is 38.0. The van der Waals surface area contributed by atoms with Gasteiger partial charge < -0.3 is 33.8 Å². The number of esters is 4. The molecule has 0 saturated carbocycles. The maximum Gasteiger partial charge on any atom is 0.472 e. The Labute approximate surface area is 479 Å². The molecule has 0 fully saturated rings. The molecule has 79 heavy (non-hydrogen) atoms. The lowest BCUT2D eigenvalue weighted by atomic mass is 10.0. The Kier molecular flexibility index (Phi) is 52.7. The van der Waals surface area contributed by atoms with Crippen molar-refractivity contribution in [1.82, 2.24) is 0 Å². The predicted molar refractivity (Wildman–Crippen MR) is 312 cm³/mol. The van der Waals surface area contributed by atoms with Crippen molar-refractivity contribution in [3.8, 4) is 0 Å². The Morgan fingerprint density at radius 2 is 0.582 bits per heavy atom. The summed E-state index contributed by atoms with van der Waals surface area (Å²) in [4.78, 5) is 71.8. The van der Waals surface area contributed by atoms with Gasteiger partial charge in [-0.05, 0) is 31.6 Å². The van der Waals surface area contributed by atoms with Crippen LogP contribution in [0.4, 0.5) is 0 Å². The highest BCUT2D eigenvalue weighted by molar-refractivity contribution is 7.47. The van der Waals surface area contributed by atoms with Gasteiger partial charge in [-0.1, -0.05) is 247 Å². The molecular formula is C60H116O17P2. The van der Waals surface area contributed by atoms with Crippen molar-refractivity contribution in [2.24, 2.45) is 5.92 Å². The SMILES string of the molecule is CCCCCCCCCCCCCCCC(=O)O[C@H](COC(=O)CCCCCCCCCCCC(C)C)COP(=O)(O)OC[C@@H](O)COP(=O)(O)OC[C@@H](COC(=O)CCCCCCCCC)OC(=O)CCCCCCCCC. The van der Waals surface area contributed by atoms with E-state index in [1.165, 1.54) is 96.3 Å². The second kappa shape index (κ2) is 54.0. The number of hydrogen-bond acceptors (Lipinski definition) is 15. The Bertz CT molecular complexity index is 1550. The summed E-state index contributed by atoms with van der Waals surface area (Å²) >= 11 is 0. The summed E-state index contributed by atoms with van der Waals surface area (Å²) in [6.45, 7) is 7.06. The lowest BCUT2D eigenvalue weighted by molar-refractivity contribution is -0.161. The van der Waals surface area contributed by atoms with Crippen LogP contribution >= 0.6 is 15.6 Å². The van der Waals surface area contributed by atoms with Gasteiger partial charge in [0.05, 0.1) is 26.4 Å². The van der Waals surface area contributed by atoms with Crippen molar-refractivity contribution < 1.29 is 80.2 Å². The molecule has 0 aliphatic heterocycles. The maximum absolute atomic E-state index is 12.9. The van der Waals surface area contributed by atoms with Crippen LogP contribution in [0.15, 0.2) is 0 Å². The van der Waals surface area contributed by atoms with Gasteiger partial charge >= 0.3 is 39.5 Å². The molecule has 468 valence electrons. The van der Waals surface area contributed by atoms with Crippen molar-refractivity contribution >= 4 is 39.5 Å². The summed E-state index contributed by atoms with van der Waals surface area (Å²) in [5.41, 5.74) is 0. The van der Waals surface area contributed by atoms with Crippen LogP contribution in [0, 0.1) is 5.92 Å². The fourth-order valence-corrected chi connectivity index (χ4v) is 10.5. The molecule has 0 amide bonds. The van der Waals surface area contributed by atoms with Crippen molar-refractivity contribution in [3.63, 3.8) is 0 Å². The standard InChI is InChI=1S/C60H116O17P2/c1-6-9-12-15-18-19-20-21-22-25-31-36-41-46-60(65)77-56(50-71-58(63)44-39-34-30-26-23-24-29-32-37-42-53(4)5)52-75-79(68,69)73-48-54(61)47-72-78(66,67)74-51-55(76-59(64)45-40-35-28-17-14-11-8-3)49-70-57(62)43-38-33-27-16-13-10-7-2/h53-56,61H,6-52H2,1-5H3,(H,66,67)(H,68,69)/t54-,55+,56+/m0/s1. The smallest absolute Gasteiger partial charge is 0.462 e. The molecule has 0 aliphatic rings. The topological polar surface area (TPSA) is 237 Å². The van der Waals surface area contributed by atoms with Crippen LogP contribution in [-0.2, 0) is 65.4 Å². The summed E-state index contributed by atoms with van der Waals surface area (Å²) in [5, 5.41) is 10.5. The largest absolute Gasteiger partial charge is 0.472 e. The molecule has 0 heterocycles. The molecule has 3 N–H and O–H groups in total. The second-order valence-corrected chi connectivity index (χ2v) is 25.1. The normalized spacial score (nSPS) is 14.3. The summed E-state index contributed by atoms with van der Waals surface area (Å²) in [5.74, 6) is -1.40. The van der Waals surface area contributed by atoms with E-state index in [-0.39, 0.29) is 25.7 Å². The quantitative estimate of drug-likeness (QED) is 0.0222. The molecule has 0 aromatic rings. The minimum atomic E-state index is -4.94. The molecule has 19 heteroatoms. The summed E-state index contributed by atoms with van der Waals surface area (Å²) < 4.78 is 67.6. The number of ether oxygens (including phenoxy) is 4. The van der Waals surface area contributed by atoms with Crippen LogP contribution in [0.5, 0.6) is 0 Å². The van der Waals surface area contributed by atoms with E-state index >= 15 is 0 Å². The van der Waals surface area contributed by atoms with Crippen LogP contribution < -0.4 is 0 Å². The lowest BCUT2D eigenvalue weighted by Gasteiger charge is -2.21. The summed E-state index contributed by atoms with van der Waals surface area (Å²) in [7, 11) is -9.87. The summed E-state index contributed by atoms with van der Waals surface area (Å²) in [6, 6.07) is 0. The van der Waals surface area contributed by atoms with Gasteiger partial charge in [0.1, 0.15) is 19.3 Å². The van der Waals surface area contributed by atoms with Gasteiger partial charge in [-0.25, -0.2) is 9.13 Å². The third-order valence-corrected chi connectivity index (χ3v) is 15.7. The van der Waals surface area contributed by atoms with E-state index in [9.17, 15) is 43.2 Å². The van der Waals surface area contributed by atoms with Gasteiger partial charge in [0, 0.05) is 25.7 Å². The number of carbonyl (C=O) groups is 4. The Hall–Kier alpha value is -1.94. The molecule has 0 aromatic heterocycles. The van der Waals surface area contributed by atoms with Crippen molar-refractivity contribution in [3.05, 3.63) is 0 Å². The van der Waals surface area contributed by atoms with Crippen molar-refractivity contribution in [1.29, 1.82) is 0 Å². The Morgan fingerprint density at radius 3 is 0.861 bits per heavy atom. The zero-order valence-corrected chi connectivity index (χ0v) is 52.3. The van der Waals surface area contributed by atoms with Crippen LogP contribution in [0.1, 0.15) is 298 Å². The average Bonchev–Trinajstić information content (AvgIpc) is 3.41. The maximum atomic E-state index is 12.9. The van der Waals surface area contributed by atoms with E-state index < -0.39 is 97.5 Å². The van der Waals surface area contributed by atoms with Crippen LogP contribution in [0.3, 0.4) is 0 Å². The molecule has 0 rings (SSSR count).